The number of esters is 2. The van der Waals surface area contributed by atoms with Gasteiger partial charge in [-0.2, -0.15) is 0 Å². The second-order valence-electron chi connectivity index (χ2n) is 9.95. The molecular weight excluding hydrogens is 469 g/mol. The van der Waals surface area contributed by atoms with Crippen LogP contribution in [0.3, 0.4) is 0 Å². The monoisotopic (exact) mass is 499 g/mol. The number of pyridine rings is 1. The third-order valence-electron chi connectivity index (χ3n) is 6.55. The summed E-state index contributed by atoms with van der Waals surface area (Å²) in [7, 11) is 0. The number of ether oxygens (including phenoxy) is 2. The zero-order chi connectivity index (χ0) is 26.1. The topological polar surface area (TPSA) is 116 Å². The van der Waals surface area contributed by atoms with E-state index in [1.165, 1.54) is 0 Å². The van der Waals surface area contributed by atoms with E-state index in [1.807, 2.05) is 30.3 Å². The van der Waals surface area contributed by atoms with Gasteiger partial charge in [0.2, 0.25) is 5.60 Å². The summed E-state index contributed by atoms with van der Waals surface area (Å²) < 4.78 is 24.6. The molecule has 1 amide bonds. The maximum absolute atomic E-state index is 14.2. The number of oxime groups is 1. The molecule has 1 aromatic heterocycles. The fourth-order valence-electron chi connectivity index (χ4n) is 4.50. The summed E-state index contributed by atoms with van der Waals surface area (Å²) in [5.74, 6) is -4.74. The Morgan fingerprint density at radius 2 is 1.97 bits per heavy atom. The third-order valence-corrected chi connectivity index (χ3v) is 6.55. The second-order valence-corrected chi connectivity index (χ2v) is 9.95. The number of carbonyl (C=O) groups is 3. The number of fused-ring (bicyclic) bond motifs is 1. The Labute approximate surface area is 208 Å². The summed E-state index contributed by atoms with van der Waals surface area (Å²) in [5, 5.41) is 8.71. The third kappa shape index (κ3) is 4.64. The molecule has 10 heteroatoms. The first-order valence-electron chi connectivity index (χ1n) is 12.0. The number of rotatable bonds is 8. The second kappa shape index (κ2) is 9.83. The van der Waals surface area contributed by atoms with Crippen molar-refractivity contribution >= 4 is 34.3 Å². The van der Waals surface area contributed by atoms with Crippen LogP contribution in [0, 0.1) is 11.8 Å². The van der Waals surface area contributed by atoms with Crippen LogP contribution in [0.5, 0.6) is 0 Å². The summed E-state index contributed by atoms with van der Waals surface area (Å²) in [6.45, 7) is 5.90. The summed E-state index contributed by atoms with van der Waals surface area (Å²) in [4.78, 5) is 48.3. The molecule has 1 aromatic carbocycles. The van der Waals surface area contributed by atoms with Crippen molar-refractivity contribution in [1.82, 2.24) is 10.3 Å². The van der Waals surface area contributed by atoms with Gasteiger partial charge < -0.3 is 19.6 Å². The van der Waals surface area contributed by atoms with E-state index in [1.54, 1.807) is 33.9 Å². The Balaban J connectivity index is 1.58. The van der Waals surface area contributed by atoms with Gasteiger partial charge in [-0.3, -0.25) is 19.4 Å². The van der Waals surface area contributed by atoms with Crippen LogP contribution in [0.2, 0.25) is 0 Å². The van der Waals surface area contributed by atoms with E-state index in [4.69, 9.17) is 14.3 Å². The normalized spacial score (nSPS) is 25.6. The van der Waals surface area contributed by atoms with Crippen LogP contribution in [-0.4, -0.2) is 52.6 Å². The summed E-state index contributed by atoms with van der Waals surface area (Å²) in [6.07, 6.45) is 1.43. The van der Waals surface area contributed by atoms with Crippen molar-refractivity contribution in [2.24, 2.45) is 17.0 Å². The van der Waals surface area contributed by atoms with Gasteiger partial charge in [0.1, 0.15) is 11.8 Å². The molecule has 4 rings (SSSR count). The first-order valence-corrected chi connectivity index (χ1v) is 12.0. The van der Waals surface area contributed by atoms with E-state index in [9.17, 15) is 18.8 Å². The zero-order valence-corrected chi connectivity index (χ0v) is 20.7. The molecule has 2 aliphatic rings. The van der Waals surface area contributed by atoms with Gasteiger partial charge in [0.25, 0.3) is 5.91 Å². The molecule has 192 valence electrons. The van der Waals surface area contributed by atoms with Crippen molar-refractivity contribution in [1.29, 1.82) is 0 Å². The number of halogens is 1. The van der Waals surface area contributed by atoms with Gasteiger partial charge in [-0.05, 0) is 17.4 Å². The van der Waals surface area contributed by atoms with Gasteiger partial charge in [0.15, 0.2) is 6.67 Å². The van der Waals surface area contributed by atoms with E-state index >= 15 is 0 Å². The fourth-order valence-corrected chi connectivity index (χ4v) is 4.50. The highest BCUT2D eigenvalue weighted by molar-refractivity contribution is 6.11. The van der Waals surface area contributed by atoms with E-state index < -0.39 is 42.0 Å². The number of cyclic esters (lactones) is 1. The van der Waals surface area contributed by atoms with Gasteiger partial charge >= 0.3 is 17.7 Å². The van der Waals surface area contributed by atoms with Crippen LogP contribution in [0.4, 0.5) is 4.39 Å². The smallest absolute Gasteiger partial charge is 0.311 e. The minimum absolute atomic E-state index is 0.00818. The highest BCUT2D eigenvalue weighted by Crippen LogP contribution is 2.37. The van der Waals surface area contributed by atoms with Crippen LogP contribution >= 0.6 is 0 Å². The minimum atomic E-state index is -2.23. The van der Waals surface area contributed by atoms with Crippen LogP contribution in [0.25, 0.3) is 10.8 Å². The Morgan fingerprint density at radius 3 is 2.67 bits per heavy atom. The highest BCUT2D eigenvalue weighted by atomic mass is 19.1. The van der Waals surface area contributed by atoms with Crippen LogP contribution in [0.15, 0.2) is 41.7 Å². The number of nitrogens with zero attached hydrogens (tertiary/aromatic N) is 2. The molecule has 36 heavy (non-hydrogen) atoms. The van der Waals surface area contributed by atoms with Crippen molar-refractivity contribution in [2.75, 3.05) is 6.67 Å². The molecule has 1 unspecified atom stereocenters. The first-order chi connectivity index (χ1) is 17.1. The van der Waals surface area contributed by atoms with Crippen LogP contribution in [-0.2, 0) is 28.7 Å². The SMILES string of the molecule is CC(C)CC(=O)OC1(CF)OC(=O)C[C@@H]1NC(=O)[C@]1(C(C)C)CC(c2nccc3ccccc23)=NO1. The predicted molar refractivity (Wildman–Crippen MR) is 128 cm³/mol. The number of carbonyl (C=O) groups excluding carboxylic acids is 3. The van der Waals surface area contributed by atoms with E-state index in [0.29, 0.717) is 11.4 Å². The number of hydrogen-bond donors (Lipinski definition) is 1. The van der Waals surface area contributed by atoms with Gasteiger partial charge in [0.05, 0.1) is 12.1 Å². The van der Waals surface area contributed by atoms with E-state index in [2.05, 4.69) is 15.5 Å². The van der Waals surface area contributed by atoms with E-state index in [-0.39, 0.29) is 31.1 Å². The summed E-state index contributed by atoms with van der Waals surface area (Å²) in [6, 6.07) is 8.33. The molecule has 1 N–H and O–H groups in total. The zero-order valence-electron chi connectivity index (χ0n) is 20.7. The average Bonchev–Trinajstić information content (AvgIpc) is 3.41. The standard InChI is InChI=1S/C26H30FN3O6/c1-15(2)11-21(31)34-26(14-27)20(12-22(32)35-26)29-24(33)25(16(3)4)13-19(30-36-25)23-18-8-6-5-7-17(18)9-10-28-23/h5-10,15-16,20H,11-14H2,1-4H3,(H,29,33)/t20-,25+,26?/m0/s1. The molecular formula is C26H30FN3O6. The summed E-state index contributed by atoms with van der Waals surface area (Å²) in [5.41, 5.74) is -0.345. The lowest BCUT2D eigenvalue weighted by atomic mass is 9.83. The molecule has 0 bridgehead atoms. The maximum Gasteiger partial charge on any atom is 0.311 e. The largest absolute Gasteiger partial charge is 0.417 e. The van der Waals surface area contributed by atoms with Crippen molar-refractivity contribution in [3.05, 3.63) is 42.2 Å². The maximum atomic E-state index is 14.2. The number of aromatic nitrogens is 1. The quantitative estimate of drug-likeness (QED) is 0.553. The Hall–Kier alpha value is -3.56. The molecule has 0 saturated carbocycles. The fraction of sp³-hybridized carbons (Fsp3) is 0.500. The Morgan fingerprint density at radius 1 is 1.22 bits per heavy atom. The van der Waals surface area contributed by atoms with Crippen molar-refractivity contribution < 1.29 is 33.1 Å². The lowest BCUT2D eigenvalue weighted by Crippen LogP contribution is -2.60. The van der Waals surface area contributed by atoms with Gasteiger partial charge in [-0.1, -0.05) is 57.1 Å². The summed E-state index contributed by atoms with van der Waals surface area (Å²) >= 11 is 0. The molecule has 2 aromatic rings. The number of hydrogen-bond acceptors (Lipinski definition) is 8. The average molecular weight is 500 g/mol. The molecule has 0 aliphatic carbocycles. The molecule has 9 nitrogen and oxygen atoms in total. The van der Waals surface area contributed by atoms with Crippen molar-refractivity contribution in [3.8, 4) is 0 Å². The molecule has 0 radical (unpaired) electrons. The highest BCUT2D eigenvalue weighted by Gasteiger charge is 2.57. The molecule has 1 fully saturated rings. The van der Waals surface area contributed by atoms with Crippen LogP contribution in [0.1, 0.15) is 52.7 Å². The Kier molecular flexibility index (Phi) is 6.97. The minimum Gasteiger partial charge on any atom is -0.417 e. The van der Waals surface area contributed by atoms with Gasteiger partial charge in [-0.25, -0.2) is 4.39 Å². The first kappa shape index (κ1) is 25.5. The van der Waals surface area contributed by atoms with Gasteiger partial charge in [-0.15, -0.1) is 0 Å². The van der Waals surface area contributed by atoms with E-state index in [0.717, 1.165) is 10.8 Å². The van der Waals surface area contributed by atoms with Gasteiger partial charge in [0, 0.05) is 30.3 Å². The lowest BCUT2D eigenvalue weighted by Gasteiger charge is -2.34. The Bertz CT molecular complexity index is 1210. The number of benzene rings is 1. The number of nitrogens with one attached hydrogen (secondary N) is 1. The number of amides is 1. The molecule has 1 saturated heterocycles. The van der Waals surface area contributed by atoms with Crippen LogP contribution < -0.4 is 5.32 Å². The number of alkyl halides is 1. The van der Waals surface area contributed by atoms with Crippen molar-refractivity contribution in [2.45, 2.75) is 64.4 Å². The van der Waals surface area contributed by atoms with Crippen molar-refractivity contribution in [3.63, 3.8) is 0 Å². The predicted octanol–water partition coefficient (Wildman–Crippen LogP) is 3.44. The molecule has 0 spiro atoms. The molecule has 2 aliphatic heterocycles. The molecule has 3 heterocycles. The lowest BCUT2D eigenvalue weighted by molar-refractivity contribution is -0.226. The molecule has 3 atom stereocenters.